The van der Waals surface area contributed by atoms with E-state index in [1.165, 1.54) is 9.08 Å². The van der Waals surface area contributed by atoms with Gasteiger partial charge in [-0.25, -0.2) is 4.68 Å². The minimum absolute atomic E-state index is 0.0176. The molecule has 0 fully saturated rings. The summed E-state index contributed by atoms with van der Waals surface area (Å²) in [6, 6.07) is 21.7. The molecular formula is C34H32N6O6. The van der Waals surface area contributed by atoms with Crippen molar-refractivity contribution in [2.75, 3.05) is 5.32 Å². The molecule has 0 unspecified atom stereocenters. The molecule has 0 radical (unpaired) electrons. The fraction of sp³-hybridized carbons (Fsp3) is 0.176. The second kappa shape index (κ2) is 14.0. The van der Waals surface area contributed by atoms with Gasteiger partial charge in [0.25, 0.3) is 23.0 Å². The number of pyridine rings is 1. The van der Waals surface area contributed by atoms with E-state index in [1.807, 2.05) is 44.2 Å². The number of carbonyl (C=O) groups is 2. The molecule has 0 saturated heterocycles. The van der Waals surface area contributed by atoms with E-state index in [2.05, 4.69) is 10.3 Å². The zero-order chi connectivity index (χ0) is 33.5. The van der Waals surface area contributed by atoms with Crippen LogP contribution in [0.4, 0.5) is 5.69 Å². The van der Waals surface area contributed by atoms with Gasteiger partial charge in [-0.15, -0.1) is 0 Å². The third kappa shape index (κ3) is 6.95. The second-order valence-corrected chi connectivity index (χ2v) is 10.2. The Bertz CT molecular complexity index is 2110. The summed E-state index contributed by atoms with van der Waals surface area (Å²) in [6.45, 7) is 6.62. The van der Waals surface area contributed by atoms with Crippen LogP contribution in [0.1, 0.15) is 36.2 Å². The fourth-order valence-corrected chi connectivity index (χ4v) is 4.58. The number of nitrogens with one attached hydrogen (secondary N) is 1. The number of nitrogens with zero attached hydrogens (tertiary/aromatic N) is 5. The van der Waals surface area contributed by atoms with Gasteiger partial charge in [0.2, 0.25) is 5.88 Å². The molecule has 12 nitrogen and oxygen atoms in total. The first-order valence-electron chi connectivity index (χ1n) is 14.2. The predicted molar refractivity (Wildman–Crippen MR) is 173 cm³/mol. The van der Waals surface area contributed by atoms with Gasteiger partial charge in [-0.2, -0.15) is 10.2 Å². The number of hydrogen-bond acceptors (Lipinski definition) is 7. The first-order valence-corrected chi connectivity index (χ1v) is 14.2. The molecule has 2 aromatic carbocycles. The molecule has 2 N–H and O–H groups in total. The highest BCUT2D eigenvalue weighted by Crippen LogP contribution is 2.25. The van der Waals surface area contributed by atoms with Crippen molar-refractivity contribution in [3.63, 3.8) is 0 Å². The number of ether oxygens (including phenoxy) is 1. The number of hydrogen-bond donors (Lipinski definition) is 2. The second-order valence-electron chi connectivity index (χ2n) is 10.2. The first-order chi connectivity index (χ1) is 22.0. The van der Waals surface area contributed by atoms with Crippen LogP contribution in [-0.4, -0.2) is 35.7 Å². The van der Waals surface area contributed by atoms with Gasteiger partial charge in [-0.1, -0.05) is 43.3 Å². The number of carbonyl (C=O) groups excluding carboxylic acids is 1. The number of aliphatic carboxylic acids is 1. The number of fused-ring (bicyclic) bond motifs is 1. The van der Waals surface area contributed by atoms with Crippen molar-refractivity contribution in [2.24, 2.45) is 7.05 Å². The van der Waals surface area contributed by atoms with Crippen LogP contribution in [0.25, 0.3) is 17.4 Å². The molecule has 234 valence electrons. The molecule has 0 saturated carbocycles. The van der Waals surface area contributed by atoms with Gasteiger partial charge in [0, 0.05) is 20.2 Å². The van der Waals surface area contributed by atoms with Gasteiger partial charge in [0.15, 0.2) is 0 Å². The van der Waals surface area contributed by atoms with Crippen LogP contribution in [0.15, 0.2) is 88.1 Å². The number of para-hydroxylation sites is 1. The van der Waals surface area contributed by atoms with Crippen LogP contribution >= 0.6 is 0 Å². The summed E-state index contributed by atoms with van der Waals surface area (Å²) in [5.74, 6) is -1.30. The highest BCUT2D eigenvalue weighted by molar-refractivity contribution is 6.10. The van der Waals surface area contributed by atoms with Crippen LogP contribution < -0.4 is 21.2 Å². The third-order valence-electron chi connectivity index (χ3n) is 7.04. The highest BCUT2D eigenvalue weighted by Gasteiger charge is 2.22. The molecule has 3 aromatic heterocycles. The molecule has 46 heavy (non-hydrogen) atoms. The monoisotopic (exact) mass is 620 g/mol. The number of carboxylic acids is 1. The van der Waals surface area contributed by atoms with Crippen molar-refractivity contribution in [1.82, 2.24) is 18.7 Å². The SMILES string of the molecule is CC(=O)O.CCc1ccc(Oc2nc3c(C)cccn3c(=O)c2C=C(C#N)C(=O)Nc2c(C)n(C)n(-c3ccccc3)c2=O)cc1. The van der Waals surface area contributed by atoms with Crippen molar-refractivity contribution < 1.29 is 19.4 Å². The lowest BCUT2D eigenvalue weighted by molar-refractivity contribution is -0.134. The van der Waals surface area contributed by atoms with Gasteiger partial charge in [0.1, 0.15) is 34.3 Å². The average molecular weight is 621 g/mol. The predicted octanol–water partition coefficient (Wildman–Crippen LogP) is 4.79. The first kappa shape index (κ1) is 32.7. The van der Waals surface area contributed by atoms with Crippen LogP contribution in [0.5, 0.6) is 11.6 Å². The topological polar surface area (TPSA) is 161 Å². The van der Waals surface area contributed by atoms with E-state index in [0.717, 1.165) is 30.5 Å². The van der Waals surface area contributed by atoms with Crippen molar-refractivity contribution in [1.29, 1.82) is 5.26 Å². The maximum atomic E-state index is 13.6. The average Bonchev–Trinajstić information content (AvgIpc) is 3.24. The number of aryl methyl sites for hydroxylation is 2. The Hall–Kier alpha value is -6.22. The lowest BCUT2D eigenvalue weighted by Gasteiger charge is -2.12. The summed E-state index contributed by atoms with van der Waals surface area (Å²) in [5.41, 5.74) is 1.87. The number of amides is 1. The van der Waals surface area contributed by atoms with Gasteiger partial charge in [0.05, 0.1) is 11.4 Å². The van der Waals surface area contributed by atoms with Crippen LogP contribution in [0.3, 0.4) is 0 Å². The summed E-state index contributed by atoms with van der Waals surface area (Å²) >= 11 is 0. The Kier molecular flexibility index (Phi) is 9.98. The van der Waals surface area contributed by atoms with Crippen molar-refractivity contribution >= 4 is 29.3 Å². The van der Waals surface area contributed by atoms with Crippen molar-refractivity contribution in [3.8, 4) is 23.4 Å². The summed E-state index contributed by atoms with van der Waals surface area (Å²) in [6.07, 6.45) is 3.55. The normalized spacial score (nSPS) is 10.9. The molecule has 0 aliphatic rings. The highest BCUT2D eigenvalue weighted by atomic mass is 16.5. The van der Waals surface area contributed by atoms with E-state index in [1.54, 1.807) is 67.3 Å². The minimum Gasteiger partial charge on any atom is -0.481 e. The summed E-state index contributed by atoms with van der Waals surface area (Å²) in [7, 11) is 1.70. The molecule has 0 aliphatic heterocycles. The Morgan fingerprint density at radius 3 is 2.28 bits per heavy atom. The quantitative estimate of drug-likeness (QED) is 0.194. The standard InChI is InChI=1S/C32H28N6O4.C2H4O2/c1-5-22-13-15-25(16-14-22)42-30-26(31(40)37-17-9-10-20(2)28(37)35-30)18-23(19-33)29(39)34-27-21(3)36(4)38(32(27)41)24-11-7-6-8-12-24;1-2(3)4/h6-18H,5H2,1-4H3,(H,34,39);1H3,(H,3,4). The van der Waals surface area contributed by atoms with Gasteiger partial charge < -0.3 is 15.2 Å². The van der Waals surface area contributed by atoms with E-state index in [0.29, 0.717) is 22.8 Å². The minimum atomic E-state index is -0.851. The smallest absolute Gasteiger partial charge is 0.300 e. The molecule has 5 aromatic rings. The van der Waals surface area contributed by atoms with Crippen molar-refractivity contribution in [2.45, 2.75) is 34.1 Å². The van der Waals surface area contributed by atoms with E-state index < -0.39 is 28.6 Å². The van der Waals surface area contributed by atoms with E-state index in [-0.39, 0.29) is 17.1 Å². The van der Waals surface area contributed by atoms with Crippen molar-refractivity contribution in [3.05, 3.63) is 122 Å². The van der Waals surface area contributed by atoms with E-state index in [4.69, 9.17) is 14.6 Å². The van der Waals surface area contributed by atoms with Crippen LogP contribution in [0, 0.1) is 25.2 Å². The maximum absolute atomic E-state index is 13.6. The van der Waals surface area contributed by atoms with Gasteiger partial charge in [-0.05, 0) is 67.8 Å². The lowest BCUT2D eigenvalue weighted by Crippen LogP contribution is -2.24. The number of aromatic nitrogens is 4. The van der Waals surface area contributed by atoms with E-state index in [9.17, 15) is 19.6 Å². The molecule has 1 amide bonds. The lowest BCUT2D eigenvalue weighted by atomic mass is 10.1. The molecule has 0 spiro atoms. The number of rotatable bonds is 7. The molecule has 0 atom stereocenters. The fourth-order valence-electron chi connectivity index (χ4n) is 4.58. The Morgan fingerprint density at radius 1 is 1.02 bits per heavy atom. The largest absolute Gasteiger partial charge is 0.481 e. The summed E-state index contributed by atoms with van der Waals surface area (Å²) in [4.78, 5) is 53.9. The molecule has 0 bridgehead atoms. The Balaban J connectivity index is 0.00000113. The van der Waals surface area contributed by atoms with Crippen LogP contribution in [0.2, 0.25) is 0 Å². The summed E-state index contributed by atoms with van der Waals surface area (Å²) in [5, 5.41) is 20.0. The molecule has 3 heterocycles. The maximum Gasteiger partial charge on any atom is 0.300 e. The third-order valence-corrected chi connectivity index (χ3v) is 7.04. The number of nitriles is 1. The van der Waals surface area contributed by atoms with E-state index >= 15 is 0 Å². The number of benzene rings is 2. The Labute approximate surface area is 264 Å². The number of anilines is 1. The number of carboxylic acid groups (broad SMARTS) is 1. The van der Waals surface area contributed by atoms with Gasteiger partial charge in [-0.3, -0.25) is 28.3 Å². The molecule has 0 aliphatic carbocycles. The Morgan fingerprint density at radius 2 is 1.67 bits per heavy atom. The molecular weight excluding hydrogens is 588 g/mol. The zero-order valence-electron chi connectivity index (χ0n) is 25.9. The molecule has 12 heteroatoms. The summed E-state index contributed by atoms with van der Waals surface area (Å²) < 4.78 is 10.4. The zero-order valence-corrected chi connectivity index (χ0v) is 25.9. The molecule has 5 rings (SSSR count). The van der Waals surface area contributed by atoms with Crippen LogP contribution in [-0.2, 0) is 23.1 Å². The van der Waals surface area contributed by atoms with Gasteiger partial charge >= 0.3 is 0 Å².